The van der Waals surface area contributed by atoms with Crippen LogP contribution >= 0.6 is 43.2 Å². The monoisotopic (exact) mass is 342 g/mol. The average Bonchev–Trinajstić information content (AvgIpc) is 2.70. The van der Waals surface area contributed by atoms with Crippen LogP contribution in [0, 0.1) is 5.41 Å². The van der Waals surface area contributed by atoms with Crippen LogP contribution in [0.3, 0.4) is 0 Å². The molecule has 0 atom stereocenters. The lowest BCUT2D eigenvalue weighted by Crippen LogP contribution is -2.27. The third kappa shape index (κ3) is 3.88. The van der Waals surface area contributed by atoms with Gasteiger partial charge < -0.3 is 4.89 Å². The van der Waals surface area contributed by atoms with E-state index in [1.54, 1.807) is 11.3 Å². The van der Waals surface area contributed by atoms with E-state index in [0.29, 0.717) is 6.61 Å². The van der Waals surface area contributed by atoms with Gasteiger partial charge in [-0.3, -0.25) is 0 Å². The Hall–Kier alpha value is 0.420. The summed E-state index contributed by atoms with van der Waals surface area (Å²) in [4.78, 5) is 10.3. The smallest absolute Gasteiger partial charge is 0.176 e. The molecule has 1 heterocycles. The molecule has 0 saturated carbocycles. The van der Waals surface area contributed by atoms with E-state index in [0.717, 1.165) is 16.4 Å². The van der Waals surface area contributed by atoms with Gasteiger partial charge in [0.25, 0.3) is 0 Å². The summed E-state index contributed by atoms with van der Waals surface area (Å²) >= 11 is 8.48. The Bertz CT molecular complexity index is 247. The van der Waals surface area contributed by atoms with E-state index >= 15 is 0 Å². The third-order valence-electron chi connectivity index (χ3n) is 1.70. The summed E-state index contributed by atoms with van der Waals surface area (Å²) in [7, 11) is 0. The fraction of sp³-hybridized carbons (Fsp3) is 0.556. The fourth-order valence-corrected chi connectivity index (χ4v) is 2.45. The molecule has 0 radical (unpaired) electrons. The minimum Gasteiger partial charge on any atom is -0.337 e. The van der Waals surface area contributed by atoms with Crippen molar-refractivity contribution in [2.24, 2.45) is 5.41 Å². The van der Waals surface area contributed by atoms with Crippen molar-refractivity contribution < 1.29 is 9.78 Å². The molecule has 0 amide bonds. The van der Waals surface area contributed by atoms with E-state index in [-0.39, 0.29) is 5.41 Å². The van der Waals surface area contributed by atoms with E-state index in [4.69, 9.17) is 9.78 Å². The first-order valence-electron chi connectivity index (χ1n) is 4.14. The lowest BCUT2D eigenvalue weighted by atomic mass is 9.99. The molecule has 80 valence electrons. The van der Waals surface area contributed by atoms with Crippen LogP contribution in [0.4, 0.5) is 0 Å². The molecule has 0 aromatic carbocycles. The predicted molar refractivity (Wildman–Crippen MR) is 66.6 cm³/mol. The molecule has 14 heavy (non-hydrogen) atoms. The molecule has 1 aromatic rings. The number of thiophene rings is 1. The zero-order valence-corrected chi connectivity index (χ0v) is 11.8. The second kappa shape index (κ2) is 6.10. The summed E-state index contributed by atoms with van der Waals surface area (Å²) in [6, 6.07) is 1.88. The molecule has 0 unspecified atom stereocenters. The van der Waals surface area contributed by atoms with Gasteiger partial charge in [-0.1, -0.05) is 38.8 Å². The third-order valence-corrected chi connectivity index (χ3v) is 5.07. The van der Waals surface area contributed by atoms with Gasteiger partial charge in [0.2, 0.25) is 0 Å². The topological polar surface area (TPSA) is 18.5 Å². The number of hydrogen-bond donors (Lipinski definition) is 0. The molecule has 1 aromatic heterocycles. The van der Waals surface area contributed by atoms with E-state index < -0.39 is 0 Å². The quantitative estimate of drug-likeness (QED) is 0.443. The maximum absolute atomic E-state index is 5.17. The predicted octanol–water partition coefficient (Wildman–Crippen LogP) is 3.85. The van der Waals surface area contributed by atoms with Crippen LogP contribution in [-0.4, -0.2) is 17.3 Å². The summed E-state index contributed by atoms with van der Waals surface area (Å²) < 4.78 is 0. The lowest BCUT2D eigenvalue weighted by Gasteiger charge is -2.22. The van der Waals surface area contributed by atoms with E-state index in [2.05, 4.69) is 38.8 Å². The van der Waals surface area contributed by atoms with Gasteiger partial charge in [-0.2, -0.15) is 4.89 Å². The van der Waals surface area contributed by atoms with E-state index in [1.165, 1.54) is 0 Å². The summed E-state index contributed by atoms with van der Waals surface area (Å²) in [6.07, 6.45) is 0. The minimum absolute atomic E-state index is 0.0655. The van der Waals surface area contributed by atoms with Crippen LogP contribution in [0.1, 0.15) is 6.92 Å². The van der Waals surface area contributed by atoms with E-state index in [1.807, 2.05) is 16.8 Å². The molecule has 1 rings (SSSR count). The van der Waals surface area contributed by atoms with Crippen LogP contribution in [0.25, 0.3) is 0 Å². The van der Waals surface area contributed by atoms with Crippen LogP contribution < -0.4 is 4.89 Å². The molecular formula is C9H12Br2O2S. The standard InChI is InChI=1S/C9H12Br2O2S/c1-9(5-10,6-11)7-12-13-8-2-3-14-4-8/h2-4H,5-7H2,1H3. The van der Waals surface area contributed by atoms with Crippen molar-refractivity contribution in [2.75, 3.05) is 17.3 Å². The first-order valence-corrected chi connectivity index (χ1v) is 7.32. The van der Waals surface area contributed by atoms with Crippen molar-refractivity contribution in [3.05, 3.63) is 16.8 Å². The average molecular weight is 344 g/mol. The minimum atomic E-state index is 0.0655. The number of halogens is 2. The molecule has 0 spiro atoms. The zero-order chi connectivity index (χ0) is 10.4. The normalized spacial score (nSPS) is 11.6. The van der Waals surface area contributed by atoms with Gasteiger partial charge in [0.1, 0.15) is 6.61 Å². The van der Waals surface area contributed by atoms with Crippen LogP contribution in [0.2, 0.25) is 0 Å². The molecular weight excluding hydrogens is 332 g/mol. The largest absolute Gasteiger partial charge is 0.337 e. The summed E-state index contributed by atoms with van der Waals surface area (Å²) in [5.74, 6) is 0.765. The first kappa shape index (κ1) is 12.5. The Morgan fingerprint density at radius 3 is 2.64 bits per heavy atom. The van der Waals surface area contributed by atoms with Crippen molar-refractivity contribution in [1.82, 2.24) is 0 Å². The van der Waals surface area contributed by atoms with Gasteiger partial charge in [0.15, 0.2) is 5.75 Å². The van der Waals surface area contributed by atoms with Gasteiger partial charge in [-0.25, -0.2) is 0 Å². The second-order valence-electron chi connectivity index (χ2n) is 3.38. The van der Waals surface area contributed by atoms with Gasteiger partial charge in [0, 0.05) is 21.5 Å². The maximum atomic E-state index is 5.17. The highest BCUT2D eigenvalue weighted by molar-refractivity contribution is 9.09. The summed E-state index contributed by atoms with van der Waals surface area (Å²) in [6.45, 7) is 2.67. The van der Waals surface area contributed by atoms with Crippen LogP contribution in [0.15, 0.2) is 16.8 Å². The maximum Gasteiger partial charge on any atom is 0.176 e. The molecule has 0 N–H and O–H groups in total. The second-order valence-corrected chi connectivity index (χ2v) is 5.28. The molecule has 5 heteroatoms. The number of rotatable bonds is 6. The van der Waals surface area contributed by atoms with Crippen molar-refractivity contribution in [3.8, 4) is 5.75 Å². The van der Waals surface area contributed by atoms with E-state index in [9.17, 15) is 0 Å². The molecule has 0 aliphatic heterocycles. The van der Waals surface area contributed by atoms with Gasteiger partial charge in [-0.15, -0.1) is 11.3 Å². The highest BCUT2D eigenvalue weighted by atomic mass is 79.9. The zero-order valence-electron chi connectivity index (χ0n) is 7.83. The molecule has 0 aliphatic carbocycles. The van der Waals surface area contributed by atoms with Crippen molar-refractivity contribution in [3.63, 3.8) is 0 Å². The number of hydrogen-bond acceptors (Lipinski definition) is 3. The highest BCUT2D eigenvalue weighted by Gasteiger charge is 2.22. The van der Waals surface area contributed by atoms with Gasteiger partial charge in [-0.05, 0) is 11.4 Å². The Morgan fingerprint density at radius 2 is 2.14 bits per heavy atom. The van der Waals surface area contributed by atoms with Crippen LogP contribution in [0.5, 0.6) is 5.75 Å². The molecule has 0 saturated heterocycles. The lowest BCUT2D eigenvalue weighted by molar-refractivity contribution is -0.222. The van der Waals surface area contributed by atoms with Crippen molar-refractivity contribution >= 4 is 43.2 Å². The fourth-order valence-electron chi connectivity index (χ4n) is 0.652. The Balaban J connectivity index is 2.27. The molecule has 0 bridgehead atoms. The summed E-state index contributed by atoms with van der Waals surface area (Å²) in [5, 5.41) is 5.60. The Morgan fingerprint density at radius 1 is 1.43 bits per heavy atom. The molecule has 0 fully saturated rings. The van der Waals surface area contributed by atoms with Gasteiger partial charge >= 0.3 is 0 Å². The Labute approximate surface area is 105 Å². The number of alkyl halides is 2. The van der Waals surface area contributed by atoms with Crippen molar-refractivity contribution in [1.29, 1.82) is 0 Å². The Kier molecular flexibility index (Phi) is 5.44. The molecule has 2 nitrogen and oxygen atoms in total. The SMILES string of the molecule is CC(CBr)(CBr)COOc1ccsc1. The van der Waals surface area contributed by atoms with Gasteiger partial charge in [0.05, 0.1) is 0 Å². The highest BCUT2D eigenvalue weighted by Crippen LogP contribution is 2.23. The summed E-state index contributed by atoms with van der Waals surface area (Å²) in [5.41, 5.74) is 0.0655. The first-order chi connectivity index (χ1) is 6.70. The molecule has 0 aliphatic rings. The van der Waals surface area contributed by atoms with Crippen LogP contribution in [-0.2, 0) is 4.89 Å². The van der Waals surface area contributed by atoms with Crippen molar-refractivity contribution in [2.45, 2.75) is 6.92 Å².